The van der Waals surface area contributed by atoms with Gasteiger partial charge in [-0.05, 0) is 45.4 Å². The number of nitrogens with one attached hydrogen (secondary N) is 1. The lowest BCUT2D eigenvalue weighted by atomic mass is 9.81. The summed E-state index contributed by atoms with van der Waals surface area (Å²) >= 11 is 0. The van der Waals surface area contributed by atoms with E-state index in [1.54, 1.807) is 6.20 Å². The van der Waals surface area contributed by atoms with E-state index >= 15 is 0 Å². The smallest absolute Gasteiger partial charge is 0.235 e. The summed E-state index contributed by atoms with van der Waals surface area (Å²) in [6.07, 6.45) is 3.93. The van der Waals surface area contributed by atoms with Crippen LogP contribution in [0.15, 0.2) is 24.4 Å². The molecule has 1 amide bonds. The quantitative estimate of drug-likeness (QED) is 0.817. The zero-order valence-electron chi connectivity index (χ0n) is 10.9. The SMILES string of the molecule is CC1(C)C(=O)N(c2ccccn2)C2CCCNC21. The van der Waals surface area contributed by atoms with Crippen molar-refractivity contribution in [3.8, 4) is 0 Å². The van der Waals surface area contributed by atoms with Crippen LogP contribution in [0, 0.1) is 5.41 Å². The molecule has 2 aliphatic heterocycles. The summed E-state index contributed by atoms with van der Waals surface area (Å²) in [5.74, 6) is 0.970. The summed E-state index contributed by atoms with van der Waals surface area (Å²) < 4.78 is 0. The Labute approximate surface area is 107 Å². The molecule has 0 saturated carbocycles. The maximum atomic E-state index is 12.6. The molecule has 4 nitrogen and oxygen atoms in total. The van der Waals surface area contributed by atoms with Gasteiger partial charge >= 0.3 is 0 Å². The molecular formula is C14H19N3O. The molecule has 1 aromatic heterocycles. The molecule has 3 rings (SSSR count). The molecule has 1 aromatic rings. The summed E-state index contributed by atoms with van der Waals surface area (Å²) in [5.41, 5.74) is -0.345. The van der Waals surface area contributed by atoms with Gasteiger partial charge in [-0.1, -0.05) is 6.07 Å². The molecule has 4 heteroatoms. The van der Waals surface area contributed by atoms with Crippen LogP contribution in [0.4, 0.5) is 5.82 Å². The Morgan fingerprint density at radius 3 is 3.00 bits per heavy atom. The van der Waals surface area contributed by atoms with E-state index in [0.717, 1.165) is 25.2 Å². The van der Waals surface area contributed by atoms with Crippen LogP contribution in [-0.2, 0) is 4.79 Å². The molecule has 0 aromatic carbocycles. The van der Waals surface area contributed by atoms with E-state index in [1.807, 2.05) is 36.9 Å². The number of carbonyl (C=O) groups is 1. The number of anilines is 1. The second kappa shape index (κ2) is 4.05. The minimum Gasteiger partial charge on any atom is -0.311 e. The van der Waals surface area contributed by atoms with Gasteiger partial charge in [0.15, 0.2) is 0 Å². The number of amides is 1. The van der Waals surface area contributed by atoms with E-state index in [9.17, 15) is 4.79 Å². The van der Waals surface area contributed by atoms with Crippen LogP contribution in [0.2, 0.25) is 0 Å². The van der Waals surface area contributed by atoms with E-state index in [4.69, 9.17) is 0 Å². The molecule has 2 saturated heterocycles. The molecule has 2 aliphatic rings. The fourth-order valence-corrected chi connectivity index (χ4v) is 3.25. The average molecular weight is 245 g/mol. The van der Waals surface area contributed by atoms with Crippen molar-refractivity contribution < 1.29 is 4.79 Å². The lowest BCUT2D eigenvalue weighted by Crippen LogP contribution is -2.51. The Hall–Kier alpha value is -1.42. The van der Waals surface area contributed by atoms with Gasteiger partial charge in [0.25, 0.3) is 0 Å². The summed E-state index contributed by atoms with van der Waals surface area (Å²) in [5, 5.41) is 3.51. The first-order valence-corrected chi connectivity index (χ1v) is 6.60. The van der Waals surface area contributed by atoms with Gasteiger partial charge in [0.05, 0.1) is 11.5 Å². The lowest BCUT2D eigenvalue weighted by Gasteiger charge is -2.34. The van der Waals surface area contributed by atoms with Crippen molar-refractivity contribution in [3.05, 3.63) is 24.4 Å². The highest BCUT2D eigenvalue weighted by molar-refractivity contribution is 6.00. The van der Waals surface area contributed by atoms with Crippen molar-refractivity contribution in [2.45, 2.75) is 38.8 Å². The van der Waals surface area contributed by atoms with Crippen molar-refractivity contribution in [2.24, 2.45) is 5.41 Å². The topological polar surface area (TPSA) is 45.2 Å². The van der Waals surface area contributed by atoms with E-state index in [0.29, 0.717) is 0 Å². The third kappa shape index (κ3) is 1.56. The predicted octanol–water partition coefficient (Wildman–Crippen LogP) is 1.57. The number of nitrogens with zero attached hydrogens (tertiary/aromatic N) is 2. The van der Waals surface area contributed by atoms with Crippen LogP contribution in [0.25, 0.3) is 0 Å². The molecule has 0 bridgehead atoms. The number of aromatic nitrogens is 1. The largest absolute Gasteiger partial charge is 0.311 e. The standard InChI is InChI=1S/C14H19N3O/c1-14(2)12-10(6-5-9-16-12)17(13(14)18)11-7-3-4-8-15-11/h3-4,7-8,10,12,16H,5-6,9H2,1-2H3. The third-order valence-electron chi connectivity index (χ3n) is 4.20. The second-order valence-electron chi connectivity index (χ2n) is 5.73. The zero-order chi connectivity index (χ0) is 12.8. The molecule has 3 heterocycles. The van der Waals surface area contributed by atoms with E-state index in [-0.39, 0.29) is 23.4 Å². The van der Waals surface area contributed by atoms with Crippen molar-refractivity contribution >= 4 is 11.7 Å². The van der Waals surface area contributed by atoms with Crippen LogP contribution in [-0.4, -0.2) is 29.5 Å². The number of rotatable bonds is 1. The van der Waals surface area contributed by atoms with Crippen LogP contribution in [0.5, 0.6) is 0 Å². The highest BCUT2D eigenvalue weighted by Crippen LogP contribution is 2.41. The number of hydrogen-bond acceptors (Lipinski definition) is 3. The van der Waals surface area contributed by atoms with Gasteiger partial charge < -0.3 is 5.32 Å². The highest BCUT2D eigenvalue weighted by Gasteiger charge is 2.54. The molecular weight excluding hydrogens is 226 g/mol. The Balaban J connectivity index is 2.02. The first kappa shape index (κ1) is 11.7. The number of carbonyl (C=O) groups excluding carboxylic acids is 1. The summed E-state index contributed by atoms with van der Waals surface area (Å²) in [7, 11) is 0. The fraction of sp³-hybridized carbons (Fsp3) is 0.571. The van der Waals surface area contributed by atoms with Gasteiger partial charge in [-0.2, -0.15) is 0 Å². The molecule has 18 heavy (non-hydrogen) atoms. The van der Waals surface area contributed by atoms with Crippen LogP contribution < -0.4 is 10.2 Å². The summed E-state index contributed by atoms with van der Waals surface area (Å²) in [4.78, 5) is 18.9. The number of hydrogen-bond donors (Lipinski definition) is 1. The second-order valence-corrected chi connectivity index (χ2v) is 5.73. The van der Waals surface area contributed by atoms with E-state index in [2.05, 4.69) is 10.3 Å². The van der Waals surface area contributed by atoms with Crippen molar-refractivity contribution in [1.82, 2.24) is 10.3 Å². The third-order valence-corrected chi connectivity index (χ3v) is 4.20. The molecule has 0 radical (unpaired) electrons. The molecule has 2 fully saturated rings. The Bertz CT molecular complexity index is 457. The van der Waals surface area contributed by atoms with Gasteiger partial charge in [0.1, 0.15) is 5.82 Å². The van der Waals surface area contributed by atoms with Crippen LogP contribution >= 0.6 is 0 Å². The van der Waals surface area contributed by atoms with Crippen molar-refractivity contribution in [2.75, 3.05) is 11.4 Å². The van der Waals surface area contributed by atoms with E-state index < -0.39 is 0 Å². The van der Waals surface area contributed by atoms with Crippen LogP contribution in [0.3, 0.4) is 0 Å². The first-order chi connectivity index (χ1) is 8.62. The lowest BCUT2D eigenvalue weighted by molar-refractivity contribution is -0.124. The minimum absolute atomic E-state index is 0.186. The number of pyridine rings is 1. The predicted molar refractivity (Wildman–Crippen MR) is 70.3 cm³/mol. The Morgan fingerprint density at radius 1 is 1.44 bits per heavy atom. The monoisotopic (exact) mass is 245 g/mol. The molecule has 2 unspecified atom stereocenters. The highest BCUT2D eigenvalue weighted by atomic mass is 16.2. The van der Waals surface area contributed by atoms with Crippen molar-refractivity contribution in [3.63, 3.8) is 0 Å². The minimum atomic E-state index is -0.345. The maximum Gasteiger partial charge on any atom is 0.235 e. The zero-order valence-corrected chi connectivity index (χ0v) is 10.9. The molecule has 0 aliphatic carbocycles. The normalized spacial score (nSPS) is 30.3. The number of fused-ring (bicyclic) bond motifs is 1. The molecule has 2 atom stereocenters. The summed E-state index contributed by atoms with van der Waals surface area (Å²) in [6, 6.07) is 6.22. The first-order valence-electron chi connectivity index (χ1n) is 6.60. The van der Waals surface area contributed by atoms with Gasteiger partial charge in [0, 0.05) is 12.2 Å². The van der Waals surface area contributed by atoms with Gasteiger partial charge in [0.2, 0.25) is 5.91 Å². The van der Waals surface area contributed by atoms with Gasteiger partial charge in [-0.3, -0.25) is 9.69 Å². The van der Waals surface area contributed by atoms with Crippen LogP contribution in [0.1, 0.15) is 26.7 Å². The average Bonchev–Trinajstić information content (AvgIpc) is 2.60. The molecule has 1 N–H and O–H groups in total. The Morgan fingerprint density at radius 2 is 2.28 bits per heavy atom. The van der Waals surface area contributed by atoms with Crippen molar-refractivity contribution in [1.29, 1.82) is 0 Å². The van der Waals surface area contributed by atoms with E-state index in [1.165, 1.54) is 0 Å². The van der Waals surface area contributed by atoms with Gasteiger partial charge in [-0.15, -0.1) is 0 Å². The molecule has 0 spiro atoms. The fourth-order valence-electron chi connectivity index (χ4n) is 3.25. The maximum absolute atomic E-state index is 12.6. The Kier molecular flexibility index (Phi) is 2.63. The number of piperidine rings is 1. The van der Waals surface area contributed by atoms with Gasteiger partial charge in [-0.25, -0.2) is 4.98 Å². The molecule has 96 valence electrons. The summed E-state index contributed by atoms with van der Waals surface area (Å²) in [6.45, 7) is 5.08.